The highest BCUT2D eigenvalue weighted by Crippen LogP contribution is 2.15. The van der Waals surface area contributed by atoms with Gasteiger partial charge in [-0.25, -0.2) is 0 Å². The van der Waals surface area contributed by atoms with Crippen LogP contribution in [-0.2, 0) is 28.6 Å². The molecular formula is C48H88O6. The molecule has 0 amide bonds. The highest BCUT2D eigenvalue weighted by Gasteiger charge is 2.19. The van der Waals surface area contributed by atoms with Crippen LogP contribution >= 0.6 is 0 Å². The van der Waals surface area contributed by atoms with Gasteiger partial charge in [0.25, 0.3) is 0 Å². The number of esters is 3. The fourth-order valence-electron chi connectivity index (χ4n) is 6.61. The number of carbonyl (C=O) groups excluding carboxylic acids is 3. The smallest absolute Gasteiger partial charge is 0.306 e. The third-order valence-corrected chi connectivity index (χ3v) is 10.2. The van der Waals surface area contributed by atoms with Gasteiger partial charge in [-0.1, -0.05) is 186 Å². The second-order valence-electron chi connectivity index (χ2n) is 15.7. The van der Waals surface area contributed by atoms with Gasteiger partial charge in [-0.3, -0.25) is 14.4 Å². The molecule has 0 spiro atoms. The van der Waals surface area contributed by atoms with Crippen LogP contribution in [-0.4, -0.2) is 37.2 Å². The number of ether oxygens (including phenoxy) is 3. The number of allylic oxidation sites excluding steroid dienone is 4. The molecule has 0 heterocycles. The fraction of sp³-hybridized carbons (Fsp3) is 0.854. The highest BCUT2D eigenvalue weighted by molar-refractivity contribution is 5.71. The van der Waals surface area contributed by atoms with Crippen molar-refractivity contribution in [2.45, 2.75) is 252 Å². The van der Waals surface area contributed by atoms with Gasteiger partial charge >= 0.3 is 17.9 Å². The van der Waals surface area contributed by atoms with Gasteiger partial charge in [0.05, 0.1) is 0 Å². The first kappa shape index (κ1) is 51.9. The van der Waals surface area contributed by atoms with Gasteiger partial charge in [0.2, 0.25) is 0 Å². The van der Waals surface area contributed by atoms with E-state index < -0.39 is 6.10 Å². The molecule has 0 aliphatic heterocycles. The van der Waals surface area contributed by atoms with Crippen molar-refractivity contribution in [2.24, 2.45) is 0 Å². The van der Waals surface area contributed by atoms with Crippen molar-refractivity contribution in [1.82, 2.24) is 0 Å². The zero-order valence-electron chi connectivity index (χ0n) is 36.0. The van der Waals surface area contributed by atoms with Gasteiger partial charge in [-0.15, -0.1) is 0 Å². The quantitative estimate of drug-likeness (QED) is 0.0267. The molecule has 0 aliphatic rings. The summed E-state index contributed by atoms with van der Waals surface area (Å²) in [6.45, 7) is 6.55. The van der Waals surface area contributed by atoms with Gasteiger partial charge in [-0.2, -0.15) is 0 Å². The van der Waals surface area contributed by atoms with E-state index in [2.05, 4.69) is 45.1 Å². The maximum atomic E-state index is 12.7. The lowest BCUT2D eigenvalue weighted by molar-refractivity contribution is -0.167. The van der Waals surface area contributed by atoms with Gasteiger partial charge in [0.15, 0.2) is 6.10 Å². The molecule has 1 atom stereocenters. The number of hydrogen-bond donors (Lipinski definition) is 0. The minimum absolute atomic E-state index is 0.0755. The Labute approximate surface area is 334 Å². The molecule has 0 aromatic carbocycles. The van der Waals surface area contributed by atoms with Crippen LogP contribution in [0.5, 0.6) is 0 Å². The summed E-state index contributed by atoms with van der Waals surface area (Å²) in [7, 11) is 0. The zero-order chi connectivity index (χ0) is 39.4. The summed E-state index contributed by atoms with van der Waals surface area (Å²) in [6.07, 6.45) is 47.3. The largest absolute Gasteiger partial charge is 0.462 e. The highest BCUT2D eigenvalue weighted by atomic mass is 16.6. The van der Waals surface area contributed by atoms with Crippen LogP contribution in [0.25, 0.3) is 0 Å². The standard InChI is InChI=1S/C48H88O6/c1-4-7-10-13-16-19-22-24-25-27-29-32-35-38-41-47(50)53-44-45(43-52-46(49)40-37-34-31-28-21-18-15-12-9-6-3)54-48(51)42-39-36-33-30-26-23-20-17-14-11-8-5-2/h12,15,22,24,45H,4-11,13-14,16-21,23,25-44H2,1-3H3/b15-12-,24-22-. The molecule has 0 aliphatic carbocycles. The van der Waals surface area contributed by atoms with Gasteiger partial charge < -0.3 is 14.2 Å². The van der Waals surface area contributed by atoms with Crippen molar-refractivity contribution in [3.05, 3.63) is 24.3 Å². The summed E-state index contributed by atoms with van der Waals surface area (Å²) >= 11 is 0. The Morgan fingerprint density at radius 2 is 0.648 bits per heavy atom. The maximum absolute atomic E-state index is 12.7. The molecule has 0 bridgehead atoms. The topological polar surface area (TPSA) is 78.9 Å². The molecular weight excluding hydrogens is 673 g/mol. The Hall–Kier alpha value is -2.11. The van der Waals surface area contributed by atoms with E-state index in [4.69, 9.17) is 14.2 Å². The second kappa shape index (κ2) is 43.6. The average molecular weight is 761 g/mol. The summed E-state index contributed by atoms with van der Waals surface area (Å²) < 4.78 is 16.7. The lowest BCUT2D eigenvalue weighted by atomic mass is 10.0. The van der Waals surface area contributed by atoms with Crippen LogP contribution in [0.3, 0.4) is 0 Å². The third-order valence-electron chi connectivity index (χ3n) is 10.2. The fourth-order valence-corrected chi connectivity index (χ4v) is 6.61. The van der Waals surface area contributed by atoms with Crippen molar-refractivity contribution in [2.75, 3.05) is 13.2 Å². The van der Waals surface area contributed by atoms with E-state index in [1.165, 1.54) is 128 Å². The third kappa shape index (κ3) is 41.1. The van der Waals surface area contributed by atoms with Crippen LogP contribution in [0.4, 0.5) is 0 Å². The lowest BCUT2D eigenvalue weighted by Gasteiger charge is -2.18. The molecule has 0 aromatic heterocycles. The van der Waals surface area contributed by atoms with E-state index in [-0.39, 0.29) is 31.1 Å². The summed E-state index contributed by atoms with van der Waals surface area (Å²) in [5.74, 6) is -0.889. The van der Waals surface area contributed by atoms with E-state index in [1.54, 1.807) is 0 Å². The summed E-state index contributed by atoms with van der Waals surface area (Å²) in [4.78, 5) is 37.7. The average Bonchev–Trinajstić information content (AvgIpc) is 3.17. The SMILES string of the molecule is CCC/C=C\CCCCCCCC(=O)OCC(COC(=O)CCCCCCC/C=C\CCCCCCC)OC(=O)CCCCCCCCCCCCCC. The Kier molecular flexibility index (Phi) is 41.9. The first-order chi connectivity index (χ1) is 26.5. The minimum atomic E-state index is -0.770. The molecule has 0 N–H and O–H groups in total. The molecule has 6 heteroatoms. The normalized spacial score (nSPS) is 12.1. The van der Waals surface area contributed by atoms with E-state index in [1.807, 2.05) is 0 Å². The number of carbonyl (C=O) groups is 3. The van der Waals surface area contributed by atoms with Gasteiger partial charge in [0.1, 0.15) is 13.2 Å². The molecule has 0 aromatic rings. The second-order valence-corrected chi connectivity index (χ2v) is 15.7. The molecule has 6 nitrogen and oxygen atoms in total. The molecule has 0 rings (SSSR count). The van der Waals surface area contributed by atoms with Crippen molar-refractivity contribution in [3.8, 4) is 0 Å². The predicted molar refractivity (Wildman–Crippen MR) is 229 cm³/mol. The van der Waals surface area contributed by atoms with Gasteiger partial charge in [-0.05, 0) is 64.2 Å². The molecule has 0 saturated heterocycles. The molecule has 1 unspecified atom stereocenters. The summed E-state index contributed by atoms with van der Waals surface area (Å²) in [5.41, 5.74) is 0. The predicted octanol–water partition coefficient (Wildman–Crippen LogP) is 14.8. The van der Waals surface area contributed by atoms with Crippen molar-refractivity contribution in [3.63, 3.8) is 0 Å². The van der Waals surface area contributed by atoms with E-state index >= 15 is 0 Å². The minimum Gasteiger partial charge on any atom is -0.462 e. The number of unbranched alkanes of at least 4 members (excludes halogenated alkanes) is 27. The van der Waals surface area contributed by atoms with Crippen molar-refractivity contribution in [1.29, 1.82) is 0 Å². The lowest BCUT2D eigenvalue weighted by Crippen LogP contribution is -2.30. The van der Waals surface area contributed by atoms with Crippen molar-refractivity contribution < 1.29 is 28.6 Å². The summed E-state index contributed by atoms with van der Waals surface area (Å²) in [5, 5.41) is 0. The Morgan fingerprint density at radius 3 is 1.00 bits per heavy atom. The van der Waals surface area contributed by atoms with Crippen molar-refractivity contribution >= 4 is 17.9 Å². The molecule has 0 saturated carbocycles. The Bertz CT molecular complexity index is 880. The molecule has 316 valence electrons. The van der Waals surface area contributed by atoms with Crippen LogP contribution < -0.4 is 0 Å². The van der Waals surface area contributed by atoms with Crippen LogP contribution in [0, 0.1) is 0 Å². The number of hydrogen-bond acceptors (Lipinski definition) is 6. The number of rotatable bonds is 42. The monoisotopic (exact) mass is 761 g/mol. The Balaban J connectivity index is 4.35. The maximum Gasteiger partial charge on any atom is 0.306 e. The first-order valence-corrected chi connectivity index (χ1v) is 23.3. The van der Waals surface area contributed by atoms with Crippen LogP contribution in [0.15, 0.2) is 24.3 Å². The van der Waals surface area contributed by atoms with E-state index in [0.717, 1.165) is 77.0 Å². The van der Waals surface area contributed by atoms with Gasteiger partial charge in [0, 0.05) is 19.3 Å². The van der Waals surface area contributed by atoms with E-state index in [9.17, 15) is 14.4 Å². The molecule has 54 heavy (non-hydrogen) atoms. The Morgan fingerprint density at radius 1 is 0.352 bits per heavy atom. The first-order valence-electron chi connectivity index (χ1n) is 23.3. The zero-order valence-corrected chi connectivity index (χ0v) is 36.0. The molecule has 0 radical (unpaired) electrons. The summed E-state index contributed by atoms with van der Waals surface area (Å²) in [6, 6.07) is 0. The molecule has 0 fully saturated rings. The van der Waals surface area contributed by atoms with E-state index in [0.29, 0.717) is 19.3 Å². The van der Waals surface area contributed by atoms with Crippen LogP contribution in [0.2, 0.25) is 0 Å². The van der Waals surface area contributed by atoms with Crippen LogP contribution in [0.1, 0.15) is 245 Å².